The summed E-state index contributed by atoms with van der Waals surface area (Å²) in [4.78, 5) is 12.1. The van der Waals surface area contributed by atoms with Crippen LogP contribution in [0.15, 0.2) is 41.0 Å². The molecule has 0 bridgehead atoms. The summed E-state index contributed by atoms with van der Waals surface area (Å²) in [6, 6.07) is 9.41. The molecule has 0 atom stereocenters. The van der Waals surface area contributed by atoms with Gasteiger partial charge in [0.15, 0.2) is 0 Å². The highest BCUT2D eigenvalue weighted by atomic mass is 16.3. The van der Waals surface area contributed by atoms with Crippen LogP contribution in [0.5, 0.6) is 0 Å². The Hall–Kier alpha value is -2.51. The molecule has 0 saturated heterocycles. The van der Waals surface area contributed by atoms with Crippen LogP contribution in [-0.4, -0.2) is 12.5 Å². The van der Waals surface area contributed by atoms with Crippen LogP contribution in [0.4, 0.5) is 0 Å². The SMILES string of the molecule is CCc1occc1C(=O)NCc1ccc(C#CCN)cc1. The van der Waals surface area contributed by atoms with Gasteiger partial charge in [-0.25, -0.2) is 0 Å². The molecule has 1 aromatic heterocycles. The van der Waals surface area contributed by atoms with Crippen molar-refractivity contribution in [1.29, 1.82) is 0 Å². The first kappa shape index (κ1) is 14.9. The van der Waals surface area contributed by atoms with Gasteiger partial charge in [0.2, 0.25) is 0 Å². The second kappa shape index (κ2) is 7.32. The van der Waals surface area contributed by atoms with E-state index in [0.29, 0.717) is 30.8 Å². The molecule has 4 nitrogen and oxygen atoms in total. The van der Waals surface area contributed by atoms with E-state index in [0.717, 1.165) is 11.1 Å². The first-order valence-corrected chi connectivity index (χ1v) is 6.87. The molecule has 0 aliphatic carbocycles. The highest BCUT2D eigenvalue weighted by Crippen LogP contribution is 2.11. The largest absolute Gasteiger partial charge is 0.469 e. The molecule has 0 aliphatic rings. The minimum atomic E-state index is -0.118. The summed E-state index contributed by atoms with van der Waals surface area (Å²) in [6.07, 6.45) is 2.24. The summed E-state index contributed by atoms with van der Waals surface area (Å²) < 4.78 is 5.25. The van der Waals surface area contributed by atoms with E-state index in [9.17, 15) is 4.79 Å². The van der Waals surface area contributed by atoms with Crippen molar-refractivity contribution in [1.82, 2.24) is 5.32 Å². The molecule has 2 rings (SSSR count). The summed E-state index contributed by atoms with van der Waals surface area (Å²) in [6.45, 7) is 2.77. The quantitative estimate of drug-likeness (QED) is 0.844. The third kappa shape index (κ3) is 3.98. The van der Waals surface area contributed by atoms with E-state index < -0.39 is 0 Å². The molecule has 0 spiro atoms. The molecule has 0 saturated carbocycles. The molecule has 0 radical (unpaired) electrons. The maximum Gasteiger partial charge on any atom is 0.255 e. The van der Waals surface area contributed by atoms with Crippen LogP contribution in [0.3, 0.4) is 0 Å². The molecule has 108 valence electrons. The van der Waals surface area contributed by atoms with Gasteiger partial charge in [-0.05, 0) is 23.8 Å². The van der Waals surface area contributed by atoms with E-state index in [2.05, 4.69) is 17.2 Å². The number of furan rings is 1. The third-order valence-electron chi connectivity index (χ3n) is 3.05. The van der Waals surface area contributed by atoms with Gasteiger partial charge in [0, 0.05) is 18.5 Å². The number of rotatable bonds is 4. The van der Waals surface area contributed by atoms with Crippen LogP contribution in [-0.2, 0) is 13.0 Å². The van der Waals surface area contributed by atoms with E-state index >= 15 is 0 Å². The zero-order chi connectivity index (χ0) is 15.1. The molecule has 1 amide bonds. The fourth-order valence-corrected chi connectivity index (χ4v) is 1.95. The number of carbonyl (C=O) groups excluding carboxylic acids is 1. The molecular formula is C17H18N2O2. The normalized spacial score (nSPS) is 9.81. The van der Waals surface area contributed by atoms with Gasteiger partial charge < -0.3 is 15.5 Å². The smallest absolute Gasteiger partial charge is 0.255 e. The number of aryl methyl sites for hydroxylation is 1. The van der Waals surface area contributed by atoms with E-state index in [1.807, 2.05) is 31.2 Å². The lowest BCUT2D eigenvalue weighted by molar-refractivity contribution is 0.0949. The molecule has 1 heterocycles. The first-order chi connectivity index (χ1) is 10.2. The molecule has 0 unspecified atom stereocenters. The van der Waals surface area contributed by atoms with E-state index in [-0.39, 0.29) is 5.91 Å². The standard InChI is InChI=1S/C17H18N2O2/c1-2-16-15(9-11-21-16)17(20)19-12-14-7-5-13(6-8-14)4-3-10-18/h5-9,11H,2,10,12,18H2,1H3,(H,19,20). The molecule has 2 aromatic rings. The number of nitrogens with one attached hydrogen (secondary N) is 1. The van der Waals surface area contributed by atoms with Crippen molar-refractivity contribution >= 4 is 5.91 Å². The van der Waals surface area contributed by atoms with Gasteiger partial charge in [-0.1, -0.05) is 30.9 Å². The number of benzene rings is 1. The summed E-state index contributed by atoms with van der Waals surface area (Å²) in [5.74, 6) is 6.35. The van der Waals surface area contributed by atoms with Crippen LogP contribution in [0, 0.1) is 11.8 Å². The monoisotopic (exact) mass is 282 g/mol. The fourth-order valence-electron chi connectivity index (χ4n) is 1.95. The Morgan fingerprint density at radius 1 is 1.29 bits per heavy atom. The van der Waals surface area contributed by atoms with Gasteiger partial charge in [0.1, 0.15) is 5.76 Å². The topological polar surface area (TPSA) is 68.3 Å². The molecule has 4 heteroatoms. The zero-order valence-corrected chi connectivity index (χ0v) is 12.0. The van der Waals surface area contributed by atoms with Gasteiger partial charge in [0.05, 0.1) is 18.4 Å². The van der Waals surface area contributed by atoms with Crippen molar-refractivity contribution in [2.75, 3.05) is 6.54 Å². The second-order valence-corrected chi connectivity index (χ2v) is 4.50. The molecule has 3 N–H and O–H groups in total. The predicted octanol–water partition coefficient (Wildman–Crippen LogP) is 2.08. The van der Waals surface area contributed by atoms with Gasteiger partial charge in [-0.2, -0.15) is 0 Å². The number of amides is 1. The van der Waals surface area contributed by atoms with Gasteiger partial charge in [-0.15, -0.1) is 0 Å². The maximum absolute atomic E-state index is 12.1. The summed E-state index contributed by atoms with van der Waals surface area (Å²) in [5.41, 5.74) is 7.86. The summed E-state index contributed by atoms with van der Waals surface area (Å²) in [5, 5.41) is 2.88. The van der Waals surface area contributed by atoms with Crippen LogP contribution in [0.25, 0.3) is 0 Å². The Labute approximate surface area is 124 Å². The van der Waals surface area contributed by atoms with Gasteiger partial charge in [-0.3, -0.25) is 4.79 Å². The minimum absolute atomic E-state index is 0.118. The molecule has 1 aromatic carbocycles. The van der Waals surface area contributed by atoms with E-state index in [1.54, 1.807) is 12.3 Å². The van der Waals surface area contributed by atoms with Crippen molar-refractivity contribution in [3.8, 4) is 11.8 Å². The zero-order valence-electron chi connectivity index (χ0n) is 12.0. The highest BCUT2D eigenvalue weighted by Gasteiger charge is 2.12. The van der Waals surface area contributed by atoms with Crippen molar-refractivity contribution < 1.29 is 9.21 Å². The Balaban J connectivity index is 1.95. The van der Waals surface area contributed by atoms with Crippen molar-refractivity contribution in [2.24, 2.45) is 5.73 Å². The Kier molecular flexibility index (Phi) is 5.19. The van der Waals surface area contributed by atoms with Crippen molar-refractivity contribution in [2.45, 2.75) is 19.9 Å². The lowest BCUT2D eigenvalue weighted by Gasteiger charge is -2.05. The average molecular weight is 282 g/mol. The number of hydrogen-bond donors (Lipinski definition) is 2. The fraction of sp³-hybridized carbons (Fsp3) is 0.235. The average Bonchev–Trinajstić information content (AvgIpc) is 3.00. The van der Waals surface area contributed by atoms with Crippen molar-refractivity contribution in [3.05, 3.63) is 59.0 Å². The summed E-state index contributed by atoms with van der Waals surface area (Å²) in [7, 11) is 0. The molecular weight excluding hydrogens is 264 g/mol. The van der Waals surface area contributed by atoms with Gasteiger partial charge in [0.25, 0.3) is 5.91 Å². The number of nitrogens with two attached hydrogens (primary N) is 1. The Bertz CT molecular complexity index is 660. The van der Waals surface area contributed by atoms with Crippen LogP contribution < -0.4 is 11.1 Å². The maximum atomic E-state index is 12.1. The number of carbonyl (C=O) groups is 1. The highest BCUT2D eigenvalue weighted by molar-refractivity contribution is 5.95. The van der Waals surface area contributed by atoms with Crippen LogP contribution in [0.1, 0.15) is 34.2 Å². The third-order valence-corrected chi connectivity index (χ3v) is 3.05. The second-order valence-electron chi connectivity index (χ2n) is 4.50. The van der Waals surface area contributed by atoms with Crippen LogP contribution in [0.2, 0.25) is 0 Å². The lowest BCUT2D eigenvalue weighted by atomic mass is 10.1. The van der Waals surface area contributed by atoms with E-state index in [1.165, 1.54) is 0 Å². The molecule has 0 fully saturated rings. The summed E-state index contributed by atoms with van der Waals surface area (Å²) >= 11 is 0. The van der Waals surface area contributed by atoms with Crippen molar-refractivity contribution in [3.63, 3.8) is 0 Å². The lowest BCUT2D eigenvalue weighted by Crippen LogP contribution is -2.23. The Morgan fingerprint density at radius 3 is 2.71 bits per heavy atom. The molecule has 21 heavy (non-hydrogen) atoms. The number of hydrogen-bond acceptors (Lipinski definition) is 3. The predicted molar refractivity (Wildman–Crippen MR) is 81.6 cm³/mol. The first-order valence-electron chi connectivity index (χ1n) is 6.87. The molecule has 0 aliphatic heterocycles. The minimum Gasteiger partial charge on any atom is -0.469 e. The van der Waals surface area contributed by atoms with Gasteiger partial charge >= 0.3 is 0 Å². The van der Waals surface area contributed by atoms with Crippen LogP contribution >= 0.6 is 0 Å². The van der Waals surface area contributed by atoms with E-state index in [4.69, 9.17) is 10.2 Å². The Morgan fingerprint density at radius 2 is 2.05 bits per heavy atom.